The van der Waals surface area contributed by atoms with Crippen LogP contribution in [0.2, 0.25) is 0 Å². The number of likely N-dealkylation sites (tertiary alicyclic amines) is 1. The molecule has 0 saturated carbocycles. The fraction of sp³-hybridized carbons (Fsp3) is 0.339. The van der Waals surface area contributed by atoms with Crippen molar-refractivity contribution < 1.29 is 40.2 Å². The van der Waals surface area contributed by atoms with Gasteiger partial charge in [0.05, 0.1) is 34.3 Å². The lowest BCUT2D eigenvalue weighted by molar-refractivity contribution is -0.131. The van der Waals surface area contributed by atoms with E-state index in [0.29, 0.717) is 108 Å². The monoisotopic (exact) mass is 1060 g/mol. The molecule has 1 aliphatic heterocycles. The van der Waals surface area contributed by atoms with Gasteiger partial charge in [-0.3, -0.25) is 4.79 Å². The van der Waals surface area contributed by atoms with E-state index in [-0.39, 0.29) is 30.0 Å². The fourth-order valence-corrected chi connectivity index (χ4v) is 12.7. The van der Waals surface area contributed by atoms with Gasteiger partial charge in [-0.05, 0) is 137 Å². The lowest BCUT2D eigenvalue weighted by Crippen LogP contribution is -2.46. The molecule has 0 unspecified atom stereocenters. The summed E-state index contributed by atoms with van der Waals surface area (Å²) in [5, 5.41) is 27.5. The highest BCUT2D eigenvalue weighted by Gasteiger charge is 2.38. The molecule has 3 heterocycles. The van der Waals surface area contributed by atoms with Crippen molar-refractivity contribution >= 4 is 26.0 Å². The predicted molar refractivity (Wildman–Crippen MR) is 282 cm³/mol. The summed E-state index contributed by atoms with van der Waals surface area (Å²) in [6.45, 7) is 11.2. The fourth-order valence-electron chi connectivity index (χ4n) is 9.71. The van der Waals surface area contributed by atoms with Crippen molar-refractivity contribution in [2.24, 2.45) is 0 Å². The van der Waals surface area contributed by atoms with Gasteiger partial charge in [0.1, 0.15) is 29.4 Å². The van der Waals surface area contributed by atoms with Crippen LogP contribution >= 0.6 is 0 Å². The topological polar surface area (TPSA) is 248 Å². The minimum Gasteiger partial charge on any atom is -0.490 e. The first kappa shape index (κ1) is 53.1. The number of carbonyl (C=O) groups excluding carboxylic acids is 1. The number of hydrogen-bond acceptors (Lipinski definition) is 15. The third-order valence-corrected chi connectivity index (χ3v) is 16.4. The summed E-state index contributed by atoms with van der Waals surface area (Å²) in [5.74, 6) is 1.45. The maximum absolute atomic E-state index is 13.6. The molecule has 1 N–H and O–H groups in total. The second-order valence-electron chi connectivity index (χ2n) is 19.3. The Morgan fingerprint density at radius 1 is 0.737 bits per heavy atom. The van der Waals surface area contributed by atoms with Crippen molar-refractivity contribution in [3.05, 3.63) is 137 Å². The van der Waals surface area contributed by atoms with E-state index >= 15 is 0 Å². The number of nitrogens with zero attached hydrogens (tertiary/aromatic N) is 8. The van der Waals surface area contributed by atoms with Crippen LogP contribution in [0.4, 0.5) is 0 Å². The van der Waals surface area contributed by atoms with E-state index in [1.54, 1.807) is 69.9 Å². The average molecular weight is 1060 g/mol. The van der Waals surface area contributed by atoms with Crippen LogP contribution in [-0.4, -0.2) is 89.8 Å². The van der Waals surface area contributed by atoms with Crippen molar-refractivity contribution in [2.45, 2.75) is 102 Å². The third kappa shape index (κ3) is 11.4. The van der Waals surface area contributed by atoms with E-state index in [1.807, 2.05) is 77.1 Å². The summed E-state index contributed by atoms with van der Waals surface area (Å²) in [6, 6.07) is 33.9. The van der Waals surface area contributed by atoms with E-state index in [4.69, 9.17) is 18.5 Å². The summed E-state index contributed by atoms with van der Waals surface area (Å²) in [5.41, 5.74) is 7.32. The minimum absolute atomic E-state index is 0.0575. The van der Waals surface area contributed by atoms with Crippen LogP contribution < -0.4 is 14.2 Å². The second-order valence-corrected chi connectivity index (χ2v) is 22.9. The number of benzene rings is 5. The molecule has 1 saturated heterocycles. The lowest BCUT2D eigenvalue weighted by atomic mass is 10.0. The molecule has 5 aromatic carbocycles. The van der Waals surface area contributed by atoms with Gasteiger partial charge in [0.2, 0.25) is 37.6 Å². The van der Waals surface area contributed by atoms with E-state index < -0.39 is 31.8 Å². The Morgan fingerprint density at radius 2 is 1.28 bits per heavy atom. The molecule has 1 fully saturated rings. The zero-order valence-electron chi connectivity index (χ0n) is 42.8. The number of rotatable bonds is 17. The van der Waals surface area contributed by atoms with Crippen LogP contribution in [0.3, 0.4) is 0 Å². The Balaban J connectivity index is 0.000000186. The zero-order chi connectivity index (χ0) is 53.7. The number of nitrogens with one attached hydrogen (secondary N) is 1. The molecule has 392 valence electrons. The van der Waals surface area contributed by atoms with Crippen molar-refractivity contribution in [1.82, 2.24) is 34.2 Å². The molecule has 76 heavy (non-hydrogen) atoms. The summed E-state index contributed by atoms with van der Waals surface area (Å²) in [4.78, 5) is 23.2. The molecular formula is C56H57N9O9S2. The first-order chi connectivity index (χ1) is 36.6. The maximum Gasteiger partial charge on any atom is 0.258 e. The average Bonchev–Trinajstić information content (AvgIpc) is 4.23. The van der Waals surface area contributed by atoms with Crippen LogP contribution in [0, 0.1) is 22.7 Å². The van der Waals surface area contributed by atoms with E-state index in [1.165, 1.54) is 0 Å². The lowest BCUT2D eigenvalue weighted by Gasteiger charge is -2.30. The molecule has 0 bridgehead atoms. The molecule has 2 atom stereocenters. The SMILES string of the molecule is CC(C)Oc1ccc(-c2nc(-c3cccc4c3CC[C@H]4NS(=O)(=O)CC(=O)N3CCC3)no2)cc1C#N.CCCN([C@H]1CCc2c(-c3noc(-c4ccc(OC(C)C)c(C#N)c4)n3)cccc21)S(=O)(=O)c1ccccc1. The second kappa shape index (κ2) is 22.6. The number of carbonyl (C=O) groups is 1. The van der Waals surface area contributed by atoms with E-state index in [9.17, 15) is 32.2 Å². The van der Waals surface area contributed by atoms with Crippen molar-refractivity contribution in [3.63, 3.8) is 0 Å². The Labute approximate surface area is 442 Å². The van der Waals surface area contributed by atoms with Gasteiger partial charge in [0.15, 0.2) is 0 Å². The molecule has 2 aliphatic carbocycles. The van der Waals surface area contributed by atoms with Gasteiger partial charge in [0, 0.05) is 47.9 Å². The van der Waals surface area contributed by atoms with Gasteiger partial charge in [-0.15, -0.1) is 0 Å². The Bertz CT molecular complexity index is 3580. The molecule has 0 spiro atoms. The van der Waals surface area contributed by atoms with E-state index in [2.05, 4.69) is 37.1 Å². The maximum atomic E-state index is 13.6. The Kier molecular flexibility index (Phi) is 15.8. The van der Waals surface area contributed by atoms with Gasteiger partial charge in [-0.2, -0.15) is 24.8 Å². The summed E-state index contributed by atoms with van der Waals surface area (Å²) in [7, 11) is -7.45. The molecule has 7 aromatic rings. The van der Waals surface area contributed by atoms with E-state index in [0.717, 1.165) is 39.8 Å². The summed E-state index contributed by atoms with van der Waals surface area (Å²) >= 11 is 0. The quantitative estimate of drug-likeness (QED) is 0.0892. The third-order valence-electron chi connectivity index (χ3n) is 13.2. The molecular weight excluding hydrogens is 1010 g/mol. The molecule has 1 amide bonds. The normalized spacial score (nSPS) is 15.8. The summed E-state index contributed by atoms with van der Waals surface area (Å²) < 4.78 is 79.4. The van der Waals surface area contributed by atoms with Crippen molar-refractivity contribution in [1.29, 1.82) is 10.5 Å². The molecule has 18 nitrogen and oxygen atoms in total. The smallest absolute Gasteiger partial charge is 0.258 e. The van der Waals surface area contributed by atoms with Gasteiger partial charge >= 0.3 is 0 Å². The van der Waals surface area contributed by atoms with Crippen LogP contribution in [0.15, 0.2) is 117 Å². The number of hydrogen-bond donors (Lipinski definition) is 1. The number of fused-ring (bicyclic) bond motifs is 2. The predicted octanol–water partition coefficient (Wildman–Crippen LogP) is 9.35. The number of amides is 1. The highest BCUT2D eigenvalue weighted by molar-refractivity contribution is 7.90. The van der Waals surface area contributed by atoms with Crippen LogP contribution in [-0.2, 0) is 37.7 Å². The Morgan fingerprint density at radius 3 is 1.79 bits per heavy atom. The molecule has 20 heteroatoms. The highest BCUT2D eigenvalue weighted by atomic mass is 32.2. The van der Waals surface area contributed by atoms with Crippen LogP contribution in [0.25, 0.3) is 45.7 Å². The minimum atomic E-state index is -3.78. The number of sulfonamides is 2. The first-order valence-corrected chi connectivity index (χ1v) is 28.3. The number of nitriles is 2. The molecule has 2 aromatic heterocycles. The summed E-state index contributed by atoms with van der Waals surface area (Å²) in [6.07, 6.45) is 4.06. The zero-order valence-corrected chi connectivity index (χ0v) is 44.4. The largest absolute Gasteiger partial charge is 0.490 e. The molecule has 3 aliphatic rings. The molecule has 10 rings (SSSR count). The highest BCUT2D eigenvalue weighted by Crippen LogP contribution is 2.43. The number of ether oxygens (including phenoxy) is 2. The van der Waals surface area contributed by atoms with Crippen molar-refractivity contribution in [2.75, 3.05) is 25.4 Å². The van der Waals surface area contributed by atoms with Crippen molar-refractivity contribution in [3.8, 4) is 69.3 Å². The van der Waals surface area contributed by atoms with Gasteiger partial charge < -0.3 is 23.4 Å². The van der Waals surface area contributed by atoms with Crippen LogP contribution in [0.1, 0.15) is 106 Å². The van der Waals surface area contributed by atoms with Gasteiger partial charge in [-0.25, -0.2) is 21.6 Å². The number of aromatic nitrogens is 4. The van der Waals surface area contributed by atoms with Crippen LogP contribution in [0.5, 0.6) is 11.5 Å². The first-order valence-electron chi connectivity index (χ1n) is 25.3. The standard InChI is InChI=1S/C30H30N4O4S.C26H27N5O5S/c1-4-17-34(39(35,36)23-9-6-5-7-10-23)27-15-14-24-25(27)11-8-12-26(24)29-32-30(38-33-29)21-13-16-28(37-20(2)3)22(18-21)19-31;1-16(2)35-23-10-7-17(13-18(23)14-27)26-28-25(29-36-26)21-6-3-5-20-19(21)8-9-22(20)30-37(33,34)15-24(32)31-11-4-12-31/h5-13,16,18,20,27H,4,14-15,17H2,1-3H3;3,5-7,10,13,16,22,30H,4,8-9,11-12,15H2,1-2H3/t27-;22-/m01/s1. The Hall–Kier alpha value is -7.75. The molecule has 0 radical (unpaired) electrons. The van der Waals surface area contributed by atoms with Gasteiger partial charge in [0.25, 0.3) is 11.8 Å². The van der Waals surface area contributed by atoms with Gasteiger partial charge in [-0.1, -0.05) is 71.8 Å².